The second-order valence-electron chi connectivity index (χ2n) is 5.34. The Kier molecular flexibility index (Phi) is 5.06. The van der Waals surface area contributed by atoms with Crippen LogP contribution in [0.4, 0.5) is 5.69 Å². The standard InChI is InChI=1S/C18H13BrN2O4S/c1-25-15-5-3-2-4-13(15)21-17(24)11(16(23)20-18(21)26)8-10-6-7-14(22)12(19)9-10/h2-9,22H,1H3,(H,20,23,26)/b11-8+. The summed E-state index contributed by atoms with van der Waals surface area (Å²) in [6.07, 6.45) is 1.44. The van der Waals surface area contributed by atoms with Gasteiger partial charge in [0.15, 0.2) is 5.11 Å². The van der Waals surface area contributed by atoms with Crippen molar-refractivity contribution in [3.8, 4) is 11.5 Å². The van der Waals surface area contributed by atoms with Crippen LogP contribution in [0, 0.1) is 0 Å². The molecular formula is C18H13BrN2O4S. The summed E-state index contributed by atoms with van der Waals surface area (Å²) in [6.45, 7) is 0. The van der Waals surface area contributed by atoms with E-state index in [1.165, 1.54) is 24.2 Å². The molecule has 0 aromatic heterocycles. The van der Waals surface area contributed by atoms with Crippen molar-refractivity contribution in [2.24, 2.45) is 0 Å². The van der Waals surface area contributed by atoms with Gasteiger partial charge in [-0.25, -0.2) is 4.90 Å². The lowest BCUT2D eigenvalue weighted by atomic mass is 10.1. The van der Waals surface area contributed by atoms with E-state index < -0.39 is 11.8 Å². The Morgan fingerprint density at radius 3 is 2.65 bits per heavy atom. The number of anilines is 1. The summed E-state index contributed by atoms with van der Waals surface area (Å²) in [5.41, 5.74) is 0.922. The minimum Gasteiger partial charge on any atom is -0.507 e. The molecule has 1 heterocycles. The Morgan fingerprint density at radius 2 is 1.96 bits per heavy atom. The van der Waals surface area contributed by atoms with Gasteiger partial charge in [-0.3, -0.25) is 14.9 Å². The maximum absolute atomic E-state index is 13.0. The maximum Gasteiger partial charge on any atom is 0.270 e. The van der Waals surface area contributed by atoms with Crippen LogP contribution in [0.15, 0.2) is 52.5 Å². The Balaban J connectivity index is 2.05. The van der Waals surface area contributed by atoms with Gasteiger partial charge in [0.25, 0.3) is 11.8 Å². The Hall–Kier alpha value is -2.71. The maximum atomic E-state index is 13.0. The minimum atomic E-state index is -0.588. The number of rotatable bonds is 3. The molecule has 2 aromatic carbocycles. The van der Waals surface area contributed by atoms with Gasteiger partial charge in [-0.2, -0.15) is 0 Å². The van der Waals surface area contributed by atoms with Gasteiger partial charge in [0.1, 0.15) is 17.1 Å². The average Bonchev–Trinajstić information content (AvgIpc) is 2.62. The van der Waals surface area contributed by atoms with Crippen LogP contribution >= 0.6 is 28.1 Å². The molecule has 0 saturated carbocycles. The molecule has 6 nitrogen and oxygen atoms in total. The zero-order valence-electron chi connectivity index (χ0n) is 13.5. The molecule has 2 amide bonds. The molecule has 1 aliphatic rings. The predicted octanol–water partition coefficient (Wildman–Crippen LogP) is 2.99. The van der Waals surface area contributed by atoms with E-state index in [4.69, 9.17) is 17.0 Å². The summed E-state index contributed by atoms with van der Waals surface area (Å²) in [6, 6.07) is 11.5. The highest BCUT2D eigenvalue weighted by Crippen LogP contribution is 2.31. The molecule has 3 rings (SSSR count). The lowest BCUT2D eigenvalue weighted by Crippen LogP contribution is -2.54. The van der Waals surface area contributed by atoms with Gasteiger partial charge < -0.3 is 9.84 Å². The first-order valence-corrected chi connectivity index (χ1v) is 8.65. The van der Waals surface area contributed by atoms with E-state index >= 15 is 0 Å². The molecule has 132 valence electrons. The number of thiocarbonyl (C=S) groups is 1. The number of hydrogen-bond acceptors (Lipinski definition) is 5. The molecule has 1 aliphatic heterocycles. The first kappa shape index (κ1) is 18.1. The number of benzene rings is 2. The number of hydrogen-bond donors (Lipinski definition) is 2. The molecule has 8 heteroatoms. The van der Waals surface area contributed by atoms with E-state index in [1.54, 1.807) is 36.4 Å². The van der Waals surface area contributed by atoms with Crippen LogP contribution in [0.3, 0.4) is 0 Å². The Labute approximate surface area is 163 Å². The molecule has 0 bridgehead atoms. The lowest BCUT2D eigenvalue weighted by Gasteiger charge is -2.29. The third-order valence-electron chi connectivity index (χ3n) is 3.71. The van der Waals surface area contributed by atoms with Gasteiger partial charge in [0, 0.05) is 0 Å². The first-order chi connectivity index (χ1) is 12.4. The van der Waals surface area contributed by atoms with E-state index in [2.05, 4.69) is 21.2 Å². The number of para-hydroxylation sites is 2. The summed E-state index contributed by atoms with van der Waals surface area (Å²) in [4.78, 5) is 26.5. The molecule has 2 N–H and O–H groups in total. The number of nitrogens with one attached hydrogen (secondary N) is 1. The minimum absolute atomic E-state index is 0.0199. The normalized spacial score (nSPS) is 16.0. The van der Waals surface area contributed by atoms with E-state index in [9.17, 15) is 14.7 Å². The van der Waals surface area contributed by atoms with E-state index in [0.717, 1.165) is 0 Å². The van der Waals surface area contributed by atoms with Crippen molar-refractivity contribution in [3.63, 3.8) is 0 Å². The zero-order valence-corrected chi connectivity index (χ0v) is 15.9. The van der Waals surface area contributed by atoms with Gasteiger partial charge in [0.05, 0.1) is 17.3 Å². The van der Waals surface area contributed by atoms with Crippen LogP contribution in [-0.2, 0) is 9.59 Å². The molecule has 26 heavy (non-hydrogen) atoms. The van der Waals surface area contributed by atoms with Crippen LogP contribution in [0.2, 0.25) is 0 Å². The largest absolute Gasteiger partial charge is 0.507 e. The number of carbonyl (C=O) groups excluding carboxylic acids is 2. The van der Waals surface area contributed by atoms with E-state index in [-0.39, 0.29) is 16.4 Å². The summed E-state index contributed by atoms with van der Waals surface area (Å²) in [5.74, 6) is -0.641. The topological polar surface area (TPSA) is 78.9 Å². The summed E-state index contributed by atoms with van der Waals surface area (Å²) >= 11 is 8.38. The second kappa shape index (κ2) is 7.27. The fraction of sp³-hybridized carbons (Fsp3) is 0.0556. The number of ether oxygens (including phenoxy) is 1. The molecule has 0 aliphatic carbocycles. The third-order valence-corrected chi connectivity index (χ3v) is 4.63. The van der Waals surface area contributed by atoms with E-state index in [0.29, 0.717) is 21.5 Å². The van der Waals surface area contributed by atoms with Gasteiger partial charge in [-0.15, -0.1) is 0 Å². The zero-order chi connectivity index (χ0) is 18.8. The lowest BCUT2D eigenvalue weighted by molar-refractivity contribution is -0.122. The van der Waals surface area contributed by atoms with Gasteiger partial charge in [0.2, 0.25) is 0 Å². The number of carbonyl (C=O) groups is 2. The van der Waals surface area contributed by atoms with Crippen LogP contribution in [-0.4, -0.2) is 29.1 Å². The quantitative estimate of drug-likeness (QED) is 0.442. The molecule has 2 aromatic rings. The predicted molar refractivity (Wildman–Crippen MR) is 105 cm³/mol. The number of amides is 2. The first-order valence-electron chi connectivity index (χ1n) is 7.45. The van der Waals surface area contributed by atoms with Crippen molar-refractivity contribution in [1.82, 2.24) is 5.32 Å². The van der Waals surface area contributed by atoms with Crippen LogP contribution in [0.1, 0.15) is 5.56 Å². The highest BCUT2D eigenvalue weighted by Gasteiger charge is 2.35. The van der Waals surface area contributed by atoms with Crippen LogP contribution in [0.25, 0.3) is 6.08 Å². The van der Waals surface area contributed by atoms with Gasteiger partial charge in [-0.05, 0) is 64.1 Å². The molecule has 0 atom stereocenters. The molecule has 1 fully saturated rings. The smallest absolute Gasteiger partial charge is 0.270 e. The summed E-state index contributed by atoms with van der Waals surface area (Å²) in [7, 11) is 1.49. The van der Waals surface area contributed by atoms with Crippen LogP contribution in [0.5, 0.6) is 11.5 Å². The van der Waals surface area contributed by atoms with Crippen molar-refractivity contribution in [2.45, 2.75) is 0 Å². The summed E-state index contributed by atoms with van der Waals surface area (Å²) in [5, 5.41) is 12.1. The third kappa shape index (κ3) is 3.33. The number of phenols is 1. The van der Waals surface area contributed by atoms with E-state index in [1.807, 2.05) is 0 Å². The van der Waals surface area contributed by atoms with Gasteiger partial charge in [-0.1, -0.05) is 18.2 Å². The van der Waals surface area contributed by atoms with Crippen molar-refractivity contribution in [3.05, 3.63) is 58.1 Å². The number of phenolic OH excluding ortho intramolecular Hbond substituents is 1. The molecule has 0 unspecified atom stereocenters. The van der Waals surface area contributed by atoms with Crippen molar-refractivity contribution in [1.29, 1.82) is 0 Å². The number of aromatic hydroxyl groups is 1. The van der Waals surface area contributed by atoms with Crippen molar-refractivity contribution < 1.29 is 19.4 Å². The number of methoxy groups -OCH3 is 1. The van der Waals surface area contributed by atoms with Crippen molar-refractivity contribution in [2.75, 3.05) is 12.0 Å². The highest BCUT2D eigenvalue weighted by molar-refractivity contribution is 9.10. The monoisotopic (exact) mass is 432 g/mol. The number of halogens is 1. The SMILES string of the molecule is COc1ccccc1N1C(=O)/C(=C/c2ccc(O)c(Br)c2)C(=O)NC1=S. The molecule has 0 spiro atoms. The molecule has 0 radical (unpaired) electrons. The Morgan fingerprint density at radius 1 is 1.23 bits per heavy atom. The highest BCUT2D eigenvalue weighted by atomic mass is 79.9. The molecule has 1 saturated heterocycles. The van der Waals surface area contributed by atoms with Crippen molar-refractivity contribution >= 4 is 56.8 Å². The summed E-state index contributed by atoms with van der Waals surface area (Å²) < 4.78 is 5.74. The average molecular weight is 433 g/mol. The van der Waals surface area contributed by atoms with Crippen LogP contribution < -0.4 is 15.0 Å². The Bertz CT molecular complexity index is 958. The number of nitrogens with zero attached hydrogens (tertiary/aromatic N) is 1. The van der Waals surface area contributed by atoms with Gasteiger partial charge >= 0.3 is 0 Å². The fourth-order valence-electron chi connectivity index (χ4n) is 2.47. The molecular weight excluding hydrogens is 420 g/mol. The fourth-order valence-corrected chi connectivity index (χ4v) is 3.14. The second-order valence-corrected chi connectivity index (χ2v) is 6.58.